The van der Waals surface area contributed by atoms with Crippen LogP contribution < -0.4 is 14.4 Å². The molecule has 1 aromatic carbocycles. The molecule has 180 valence electrons. The molecule has 1 aliphatic carbocycles. The van der Waals surface area contributed by atoms with Gasteiger partial charge in [-0.1, -0.05) is 24.3 Å². The largest absolute Gasteiger partial charge is 0.493 e. The molecule has 4 unspecified atom stereocenters. The van der Waals surface area contributed by atoms with Crippen molar-refractivity contribution in [3.63, 3.8) is 0 Å². The second kappa shape index (κ2) is 9.19. The number of Topliss-reactive ketones (excluding diaryl/α,β-unsaturated/α-hetero) is 1. The van der Waals surface area contributed by atoms with Gasteiger partial charge < -0.3 is 14.2 Å². The molecule has 1 fully saturated rings. The first-order chi connectivity index (χ1) is 16.5. The minimum atomic E-state index is -0.700. The standard InChI is InChI=1S/C24H26ClN3O5S/c1-4-18-26-27-24(34-18)28-20(12-6-8-16(32-5-2)17(10-12)31-3)19-21(29)14-11-13(25)7-9-15(14)33-22(19)23(28)30/h6,8,10,13-15,20H,4-5,7,9,11H2,1-3H3. The van der Waals surface area contributed by atoms with E-state index in [0.717, 1.165) is 11.4 Å². The van der Waals surface area contributed by atoms with Gasteiger partial charge in [0.15, 0.2) is 23.0 Å². The summed E-state index contributed by atoms with van der Waals surface area (Å²) in [6.07, 6.45) is 2.31. The zero-order valence-corrected chi connectivity index (χ0v) is 20.8. The molecule has 1 saturated carbocycles. The lowest BCUT2D eigenvalue weighted by Crippen LogP contribution is -2.41. The van der Waals surface area contributed by atoms with Gasteiger partial charge in [0.2, 0.25) is 5.13 Å². The number of aryl methyl sites for hydroxylation is 1. The van der Waals surface area contributed by atoms with E-state index in [1.165, 1.54) is 16.2 Å². The van der Waals surface area contributed by atoms with E-state index in [9.17, 15) is 9.59 Å². The highest BCUT2D eigenvalue weighted by atomic mass is 35.5. The van der Waals surface area contributed by atoms with E-state index in [-0.39, 0.29) is 34.8 Å². The van der Waals surface area contributed by atoms with E-state index in [1.807, 2.05) is 19.9 Å². The summed E-state index contributed by atoms with van der Waals surface area (Å²) in [6, 6.07) is 4.75. The smallest absolute Gasteiger partial charge is 0.296 e. The van der Waals surface area contributed by atoms with Crippen molar-refractivity contribution in [2.45, 2.75) is 57.1 Å². The fourth-order valence-corrected chi connectivity index (χ4v) is 6.07. The van der Waals surface area contributed by atoms with Crippen LogP contribution in [-0.4, -0.2) is 47.1 Å². The summed E-state index contributed by atoms with van der Waals surface area (Å²) in [5.74, 6) is 0.414. The van der Waals surface area contributed by atoms with Gasteiger partial charge >= 0.3 is 0 Å². The minimum absolute atomic E-state index is 0.0782. The number of nitrogens with zero attached hydrogens (tertiary/aromatic N) is 3. The van der Waals surface area contributed by atoms with Crippen molar-refractivity contribution in [3.8, 4) is 11.5 Å². The summed E-state index contributed by atoms with van der Waals surface area (Å²) in [5, 5.41) is 9.64. The molecule has 2 aliphatic heterocycles. The molecule has 0 N–H and O–H groups in total. The van der Waals surface area contributed by atoms with Crippen LogP contribution >= 0.6 is 22.9 Å². The minimum Gasteiger partial charge on any atom is -0.493 e. The van der Waals surface area contributed by atoms with Gasteiger partial charge in [0.25, 0.3) is 5.91 Å². The molecule has 3 aliphatic rings. The van der Waals surface area contributed by atoms with E-state index in [2.05, 4.69) is 10.2 Å². The van der Waals surface area contributed by atoms with Crippen LogP contribution in [0, 0.1) is 5.92 Å². The maximum absolute atomic E-state index is 13.8. The number of alkyl halides is 1. The van der Waals surface area contributed by atoms with Crippen molar-refractivity contribution in [1.82, 2.24) is 10.2 Å². The SMILES string of the molecule is CCOc1ccc(C2C3=C(OC4CCC(Cl)CC4C3=O)C(=O)N2c2nnc(CC)s2)cc1OC. The summed E-state index contributed by atoms with van der Waals surface area (Å²) in [7, 11) is 1.56. The van der Waals surface area contributed by atoms with Crippen LogP contribution in [0.3, 0.4) is 0 Å². The van der Waals surface area contributed by atoms with Gasteiger partial charge in [-0.3, -0.25) is 14.5 Å². The molecule has 0 radical (unpaired) electrons. The lowest BCUT2D eigenvalue weighted by atomic mass is 9.77. The van der Waals surface area contributed by atoms with Crippen LogP contribution in [0.15, 0.2) is 29.5 Å². The molecular weight excluding hydrogens is 478 g/mol. The average molecular weight is 504 g/mol. The number of anilines is 1. The maximum atomic E-state index is 13.8. The molecule has 3 heterocycles. The number of methoxy groups -OCH3 is 1. The van der Waals surface area contributed by atoms with Crippen LogP contribution in [-0.2, 0) is 20.7 Å². The van der Waals surface area contributed by atoms with Crippen LogP contribution in [0.25, 0.3) is 0 Å². The fraction of sp³-hybridized carbons (Fsp3) is 0.500. The third-order valence-corrected chi connectivity index (χ3v) is 8.01. The Hall–Kier alpha value is -2.65. The van der Waals surface area contributed by atoms with Crippen molar-refractivity contribution >= 4 is 39.8 Å². The number of hydrogen-bond donors (Lipinski definition) is 0. The molecule has 34 heavy (non-hydrogen) atoms. The third-order valence-electron chi connectivity index (χ3n) is 6.55. The highest BCUT2D eigenvalue weighted by Gasteiger charge is 2.54. The molecule has 10 heteroatoms. The number of carbonyl (C=O) groups excluding carboxylic acids is 2. The lowest BCUT2D eigenvalue weighted by Gasteiger charge is -2.37. The number of aromatic nitrogens is 2. The zero-order chi connectivity index (χ0) is 24.0. The first-order valence-electron chi connectivity index (χ1n) is 11.5. The predicted octanol–water partition coefficient (Wildman–Crippen LogP) is 4.23. The molecule has 0 bridgehead atoms. The van der Waals surface area contributed by atoms with E-state index in [1.54, 1.807) is 19.2 Å². The Kier molecular flexibility index (Phi) is 6.24. The Labute approximate surface area is 206 Å². The van der Waals surface area contributed by atoms with Gasteiger partial charge in [0.1, 0.15) is 11.1 Å². The zero-order valence-electron chi connectivity index (χ0n) is 19.2. The Morgan fingerprint density at radius 3 is 2.74 bits per heavy atom. The molecule has 0 saturated heterocycles. The van der Waals surface area contributed by atoms with Crippen molar-refractivity contribution in [2.75, 3.05) is 18.6 Å². The van der Waals surface area contributed by atoms with Gasteiger partial charge in [0.05, 0.1) is 31.2 Å². The third kappa shape index (κ3) is 3.75. The summed E-state index contributed by atoms with van der Waals surface area (Å²) in [4.78, 5) is 29.0. The number of halogens is 1. The first kappa shape index (κ1) is 23.1. The molecule has 4 atom stereocenters. The van der Waals surface area contributed by atoms with Crippen molar-refractivity contribution < 1.29 is 23.8 Å². The van der Waals surface area contributed by atoms with E-state index >= 15 is 0 Å². The van der Waals surface area contributed by atoms with Crippen molar-refractivity contribution in [3.05, 3.63) is 40.1 Å². The number of benzene rings is 1. The second-order valence-electron chi connectivity index (χ2n) is 8.53. The summed E-state index contributed by atoms with van der Waals surface area (Å²) >= 11 is 7.75. The maximum Gasteiger partial charge on any atom is 0.296 e. The molecule has 5 rings (SSSR count). The van der Waals surface area contributed by atoms with E-state index in [4.69, 9.17) is 25.8 Å². The first-order valence-corrected chi connectivity index (χ1v) is 12.8. The molecular formula is C24H26ClN3O5S. The van der Waals surface area contributed by atoms with Crippen LogP contribution in [0.5, 0.6) is 11.5 Å². The average Bonchev–Trinajstić information content (AvgIpc) is 3.43. The van der Waals surface area contributed by atoms with Gasteiger partial charge in [-0.2, -0.15) is 0 Å². The van der Waals surface area contributed by atoms with E-state index in [0.29, 0.717) is 53.6 Å². The van der Waals surface area contributed by atoms with Gasteiger partial charge in [-0.05, 0) is 50.3 Å². The number of rotatable bonds is 6. The number of carbonyl (C=O) groups is 2. The van der Waals surface area contributed by atoms with Crippen LogP contribution in [0.4, 0.5) is 5.13 Å². The normalized spacial score (nSPS) is 26.3. The number of hydrogen-bond acceptors (Lipinski definition) is 8. The molecule has 8 nitrogen and oxygen atoms in total. The summed E-state index contributed by atoms with van der Waals surface area (Å²) in [5.41, 5.74) is 1.07. The van der Waals surface area contributed by atoms with Gasteiger partial charge in [0, 0.05) is 5.38 Å². The fourth-order valence-electron chi connectivity index (χ4n) is 4.94. The Morgan fingerprint density at radius 1 is 1.21 bits per heavy atom. The second-order valence-corrected chi connectivity index (χ2v) is 10.2. The quantitative estimate of drug-likeness (QED) is 0.545. The van der Waals surface area contributed by atoms with Crippen molar-refractivity contribution in [2.24, 2.45) is 5.92 Å². The molecule has 1 aromatic heterocycles. The number of amides is 1. The Bertz CT molecular complexity index is 1170. The van der Waals surface area contributed by atoms with Gasteiger partial charge in [-0.25, -0.2) is 0 Å². The predicted molar refractivity (Wildman–Crippen MR) is 128 cm³/mol. The number of ether oxygens (including phenoxy) is 3. The highest BCUT2D eigenvalue weighted by Crippen LogP contribution is 2.50. The van der Waals surface area contributed by atoms with Crippen LogP contribution in [0.1, 0.15) is 49.7 Å². The number of fused-ring (bicyclic) bond motifs is 1. The molecule has 0 spiro atoms. The lowest BCUT2D eigenvalue weighted by molar-refractivity contribution is -0.131. The highest BCUT2D eigenvalue weighted by molar-refractivity contribution is 7.15. The summed E-state index contributed by atoms with van der Waals surface area (Å²) in [6.45, 7) is 4.36. The number of ketones is 1. The topological polar surface area (TPSA) is 90.9 Å². The van der Waals surface area contributed by atoms with Gasteiger partial charge in [-0.15, -0.1) is 21.8 Å². The Morgan fingerprint density at radius 2 is 2.03 bits per heavy atom. The molecule has 2 aromatic rings. The van der Waals surface area contributed by atoms with Crippen LogP contribution in [0.2, 0.25) is 0 Å². The molecule has 1 amide bonds. The summed E-state index contributed by atoms with van der Waals surface area (Å²) < 4.78 is 17.4. The Balaban J connectivity index is 1.63. The monoisotopic (exact) mass is 503 g/mol. The van der Waals surface area contributed by atoms with E-state index < -0.39 is 6.04 Å². The van der Waals surface area contributed by atoms with Crippen molar-refractivity contribution in [1.29, 1.82) is 0 Å².